The summed E-state index contributed by atoms with van der Waals surface area (Å²) in [6.07, 6.45) is 0.735. The van der Waals surface area contributed by atoms with Gasteiger partial charge in [0, 0.05) is 11.4 Å². The first-order valence-electron chi connectivity index (χ1n) is 16.7. The molecule has 0 spiro atoms. The first kappa shape index (κ1) is 44.2. The van der Waals surface area contributed by atoms with E-state index in [2.05, 4.69) is 25.8 Å². The minimum Gasteiger partial charge on any atom is -0.478 e. The number of fused-ring (bicyclic) bond motifs is 2. The lowest BCUT2D eigenvalue weighted by Crippen LogP contribution is -2.12. The van der Waals surface area contributed by atoms with Gasteiger partial charge < -0.3 is 46.2 Å². The molecule has 19 heteroatoms. The molecule has 2 heterocycles. The van der Waals surface area contributed by atoms with E-state index in [1.807, 2.05) is 0 Å². The fourth-order valence-corrected chi connectivity index (χ4v) is 4.63. The van der Waals surface area contributed by atoms with Gasteiger partial charge in [0.15, 0.2) is 0 Å². The number of nitrogens with two attached hydrogens (primary N) is 1. The molecule has 6 rings (SSSR count). The van der Waals surface area contributed by atoms with Crippen molar-refractivity contribution in [3.05, 3.63) is 118 Å². The number of nitrogen functional groups attached to an aromatic ring is 1. The summed E-state index contributed by atoms with van der Waals surface area (Å²) in [5.41, 5.74) is 8.89. The molecular weight excluding hydrogens is 762 g/mol. The van der Waals surface area contributed by atoms with E-state index in [0.29, 0.717) is 47.1 Å². The highest BCUT2D eigenvalue weighted by Gasteiger charge is 2.29. The maximum absolute atomic E-state index is 11.3. The Morgan fingerprint density at radius 2 is 1.10 bits per heavy atom. The number of anilines is 4. The molecule has 19 nitrogen and oxygen atoms in total. The third-order valence-electron chi connectivity index (χ3n) is 7.37. The van der Waals surface area contributed by atoms with Gasteiger partial charge in [-0.2, -0.15) is 0 Å². The molecule has 0 saturated heterocycles. The smallest absolute Gasteiger partial charge is 0.338 e. The highest BCUT2D eigenvalue weighted by Crippen LogP contribution is 2.25. The zero-order valence-corrected chi connectivity index (χ0v) is 30.9. The van der Waals surface area contributed by atoms with Crippen molar-refractivity contribution in [3.8, 4) is 0 Å². The highest BCUT2D eigenvalue weighted by atomic mass is 16.5. The van der Waals surface area contributed by atoms with Gasteiger partial charge in [-0.15, -0.1) is 0 Å². The number of carboxylic acid groups (broad SMARTS) is 1. The predicted octanol–water partition coefficient (Wildman–Crippen LogP) is 3.83. The molecule has 0 radical (unpaired) electrons. The minimum absolute atomic E-state index is 0.00593. The number of carboxylic acids is 1. The number of hydrogen-bond acceptors (Lipinski definition) is 15. The van der Waals surface area contributed by atoms with Gasteiger partial charge >= 0.3 is 23.9 Å². The molecule has 2 aliphatic rings. The third kappa shape index (κ3) is 12.1. The SMILES string of the molecule is CCOC(=O)c1ccc(N)cc1.CCOC(=O)c1ccc(NC(=O)/C=N/O)cc1.COC(=O)c1ccc2c(c1)C(=O)C(=O)N2.O=C1Nc2ccc(C(=O)O)cc2C1=O. The molecule has 300 valence electrons. The summed E-state index contributed by atoms with van der Waals surface area (Å²) in [6.45, 7) is 4.20. The molecule has 2 aliphatic heterocycles. The summed E-state index contributed by atoms with van der Waals surface area (Å²) in [5, 5.41) is 26.5. The van der Waals surface area contributed by atoms with E-state index in [1.54, 1.807) is 50.2 Å². The van der Waals surface area contributed by atoms with Crippen LogP contribution in [0.2, 0.25) is 0 Å². The summed E-state index contributed by atoms with van der Waals surface area (Å²) in [7, 11) is 1.25. The zero-order valence-electron chi connectivity index (χ0n) is 30.9. The lowest BCUT2D eigenvalue weighted by Gasteiger charge is -2.04. The first-order chi connectivity index (χ1) is 27.6. The molecule has 0 aliphatic carbocycles. The molecule has 0 atom stereocenters. The second-order valence-electron chi connectivity index (χ2n) is 11.3. The maximum atomic E-state index is 11.3. The number of ketones is 2. The molecule has 0 bridgehead atoms. The van der Waals surface area contributed by atoms with Crippen molar-refractivity contribution in [2.24, 2.45) is 5.16 Å². The Labute approximate surface area is 328 Å². The number of oxime groups is 1. The minimum atomic E-state index is -1.13. The molecule has 0 saturated carbocycles. The fraction of sp³-hybridized carbons (Fsp3) is 0.128. The van der Waals surface area contributed by atoms with Crippen LogP contribution in [0, 0.1) is 0 Å². The van der Waals surface area contributed by atoms with Gasteiger partial charge in [0.05, 0.1) is 65.1 Å². The number of Topliss-reactive ketones (excluding diaryl/α,β-unsaturated/α-hetero) is 2. The van der Waals surface area contributed by atoms with E-state index in [1.165, 1.54) is 55.6 Å². The van der Waals surface area contributed by atoms with E-state index in [-0.39, 0.29) is 28.2 Å². The predicted molar refractivity (Wildman–Crippen MR) is 205 cm³/mol. The number of ether oxygens (including phenoxy) is 3. The number of esters is 3. The Morgan fingerprint density at radius 3 is 1.53 bits per heavy atom. The molecule has 4 aromatic carbocycles. The number of methoxy groups -OCH3 is 1. The van der Waals surface area contributed by atoms with Crippen LogP contribution in [0.4, 0.5) is 22.7 Å². The first-order valence-corrected chi connectivity index (χ1v) is 16.7. The van der Waals surface area contributed by atoms with Crippen molar-refractivity contribution in [1.82, 2.24) is 0 Å². The molecule has 3 amide bonds. The van der Waals surface area contributed by atoms with Crippen molar-refractivity contribution in [3.63, 3.8) is 0 Å². The number of rotatable bonds is 8. The second-order valence-corrected chi connectivity index (χ2v) is 11.3. The second kappa shape index (κ2) is 21.0. The van der Waals surface area contributed by atoms with E-state index in [9.17, 15) is 43.2 Å². The van der Waals surface area contributed by atoms with Crippen LogP contribution in [0.1, 0.15) is 76.0 Å². The number of benzene rings is 4. The van der Waals surface area contributed by atoms with E-state index < -0.39 is 47.2 Å². The van der Waals surface area contributed by atoms with Crippen LogP contribution in [0.3, 0.4) is 0 Å². The topological polar surface area (TPSA) is 296 Å². The average Bonchev–Trinajstić information content (AvgIpc) is 3.66. The summed E-state index contributed by atoms with van der Waals surface area (Å²) < 4.78 is 14.1. The Hall–Kier alpha value is -8.22. The average molecular weight is 798 g/mol. The van der Waals surface area contributed by atoms with Gasteiger partial charge in [-0.25, -0.2) is 19.2 Å². The normalized spacial score (nSPS) is 11.7. The van der Waals surface area contributed by atoms with Gasteiger partial charge in [0.25, 0.3) is 29.3 Å². The van der Waals surface area contributed by atoms with Gasteiger partial charge in [-0.1, -0.05) is 5.16 Å². The third-order valence-corrected chi connectivity index (χ3v) is 7.37. The molecule has 0 fully saturated rings. The van der Waals surface area contributed by atoms with Crippen LogP contribution in [0.5, 0.6) is 0 Å². The van der Waals surface area contributed by atoms with Gasteiger partial charge in [-0.3, -0.25) is 24.0 Å². The van der Waals surface area contributed by atoms with E-state index in [0.717, 1.165) is 6.21 Å². The Bertz CT molecular complexity index is 2270. The number of nitrogens with one attached hydrogen (secondary N) is 3. The van der Waals surface area contributed by atoms with Crippen molar-refractivity contribution in [1.29, 1.82) is 0 Å². The quantitative estimate of drug-likeness (QED) is 0.0281. The number of hydrogen-bond donors (Lipinski definition) is 6. The van der Waals surface area contributed by atoms with Crippen molar-refractivity contribution < 1.29 is 67.7 Å². The fourth-order valence-electron chi connectivity index (χ4n) is 4.63. The number of amides is 3. The van der Waals surface area contributed by atoms with E-state index >= 15 is 0 Å². The maximum Gasteiger partial charge on any atom is 0.338 e. The standard InChI is InChI=1S/C11H12N2O4.C10H7NO4.C9H5NO4.C9H11NO2/c1-2-17-11(15)8-3-5-9(6-4-8)13-10(14)7-12-16;1-15-10(14)5-2-3-7-6(4-5)8(12)9(13)11-7;11-7-5-3-4(9(13)14)1-2-6(5)10-8(7)12;1-2-12-9(11)7-3-5-8(10)6-4-7/h3-7,16H,2H2,1H3,(H,13,14);2-4H,1H3,(H,11,12,13);1-3H,(H,13,14)(H,10,11,12);3-6H,2,10H2,1H3/b12-7+;;;. The highest BCUT2D eigenvalue weighted by molar-refractivity contribution is 6.52. The van der Waals surface area contributed by atoms with Crippen LogP contribution < -0.4 is 21.7 Å². The number of nitrogens with zero attached hydrogens (tertiary/aromatic N) is 1. The number of aromatic carboxylic acids is 1. The van der Waals surface area contributed by atoms with Crippen molar-refractivity contribution >= 4 is 82.1 Å². The number of carbonyl (C=O) groups is 9. The molecule has 0 aromatic heterocycles. The van der Waals surface area contributed by atoms with Crippen LogP contribution in [0.15, 0.2) is 90.1 Å². The largest absolute Gasteiger partial charge is 0.478 e. The molecule has 0 unspecified atom stereocenters. The Balaban J connectivity index is 0.000000208. The Kier molecular flexibility index (Phi) is 16.0. The van der Waals surface area contributed by atoms with Crippen LogP contribution in [-0.4, -0.2) is 90.0 Å². The van der Waals surface area contributed by atoms with Gasteiger partial charge in [0.2, 0.25) is 0 Å². The monoisotopic (exact) mass is 797 g/mol. The van der Waals surface area contributed by atoms with Gasteiger partial charge in [-0.05, 0) is 98.8 Å². The summed E-state index contributed by atoms with van der Waals surface area (Å²) in [6, 6.07) is 21.1. The summed E-state index contributed by atoms with van der Waals surface area (Å²) in [5.74, 6) is -5.66. The van der Waals surface area contributed by atoms with Crippen LogP contribution >= 0.6 is 0 Å². The Morgan fingerprint density at radius 1 is 0.672 bits per heavy atom. The number of carbonyl (C=O) groups excluding carboxylic acids is 8. The lowest BCUT2D eigenvalue weighted by atomic mass is 10.1. The van der Waals surface area contributed by atoms with Gasteiger partial charge in [0.1, 0.15) is 6.21 Å². The molecule has 7 N–H and O–H groups in total. The summed E-state index contributed by atoms with van der Waals surface area (Å²) in [4.78, 5) is 99.5. The van der Waals surface area contributed by atoms with E-state index in [4.69, 9.17) is 25.5 Å². The van der Waals surface area contributed by atoms with Crippen LogP contribution in [0.25, 0.3) is 0 Å². The molecule has 58 heavy (non-hydrogen) atoms. The molecular formula is C39H35N5O14. The van der Waals surface area contributed by atoms with Crippen molar-refractivity contribution in [2.45, 2.75) is 13.8 Å². The van der Waals surface area contributed by atoms with Crippen LogP contribution in [-0.2, 0) is 28.6 Å². The summed E-state index contributed by atoms with van der Waals surface area (Å²) >= 11 is 0. The lowest BCUT2D eigenvalue weighted by molar-refractivity contribution is -0.112. The zero-order chi connectivity index (χ0) is 42.9. The van der Waals surface area contributed by atoms with Crippen molar-refractivity contribution in [2.75, 3.05) is 42.0 Å². The molecule has 4 aromatic rings.